The molecule has 0 aliphatic carbocycles. The first kappa shape index (κ1) is 12.9. The highest BCUT2D eigenvalue weighted by Gasteiger charge is 2.34. The van der Waals surface area contributed by atoms with Gasteiger partial charge in [-0.15, -0.1) is 0 Å². The van der Waals surface area contributed by atoms with Crippen molar-refractivity contribution >= 4 is 10.9 Å². The monoisotopic (exact) mass is 261 g/mol. The summed E-state index contributed by atoms with van der Waals surface area (Å²) >= 11 is 0. The van der Waals surface area contributed by atoms with Crippen LogP contribution in [0.4, 0.5) is 17.6 Å². The minimum absolute atomic E-state index is 0.159. The third-order valence-electron chi connectivity index (χ3n) is 2.63. The van der Waals surface area contributed by atoms with Gasteiger partial charge in [0.05, 0.1) is 11.7 Å². The van der Waals surface area contributed by atoms with Gasteiger partial charge in [-0.25, -0.2) is 4.39 Å². The molecule has 0 radical (unpaired) electrons. The summed E-state index contributed by atoms with van der Waals surface area (Å²) in [7, 11) is 0. The number of rotatable bonds is 2. The molecule has 1 unspecified atom stereocenters. The minimum Gasteiger partial charge on any atom is -0.392 e. The van der Waals surface area contributed by atoms with Crippen LogP contribution >= 0.6 is 0 Å². The lowest BCUT2D eigenvalue weighted by atomic mass is 10.1. The SMILES string of the molecule is CC(O)Cn1ccc2cc(F)c(C(F)(F)F)cc21. The summed E-state index contributed by atoms with van der Waals surface area (Å²) in [6, 6.07) is 3.14. The van der Waals surface area contributed by atoms with Gasteiger partial charge in [-0.2, -0.15) is 13.2 Å². The molecule has 1 N–H and O–H groups in total. The smallest absolute Gasteiger partial charge is 0.392 e. The van der Waals surface area contributed by atoms with Crippen molar-refractivity contribution in [1.29, 1.82) is 0 Å². The summed E-state index contributed by atoms with van der Waals surface area (Å²) in [5.41, 5.74) is -1.04. The highest BCUT2D eigenvalue weighted by Crippen LogP contribution is 2.34. The number of hydrogen-bond donors (Lipinski definition) is 1. The second-order valence-corrected chi connectivity index (χ2v) is 4.21. The van der Waals surface area contributed by atoms with Crippen LogP contribution in [0.1, 0.15) is 12.5 Å². The number of aliphatic hydroxyl groups is 1. The van der Waals surface area contributed by atoms with Gasteiger partial charge in [0.25, 0.3) is 0 Å². The van der Waals surface area contributed by atoms with E-state index in [0.717, 1.165) is 12.1 Å². The van der Waals surface area contributed by atoms with Crippen LogP contribution in [0.2, 0.25) is 0 Å². The largest absolute Gasteiger partial charge is 0.419 e. The molecule has 98 valence electrons. The molecule has 2 nitrogen and oxygen atoms in total. The van der Waals surface area contributed by atoms with Crippen LogP contribution in [0.15, 0.2) is 24.4 Å². The van der Waals surface area contributed by atoms with E-state index in [2.05, 4.69) is 0 Å². The molecule has 2 aromatic rings. The van der Waals surface area contributed by atoms with E-state index in [1.165, 1.54) is 23.8 Å². The number of alkyl halides is 3. The second-order valence-electron chi connectivity index (χ2n) is 4.21. The van der Waals surface area contributed by atoms with Crippen LogP contribution in [0.3, 0.4) is 0 Å². The van der Waals surface area contributed by atoms with Gasteiger partial charge in [-0.05, 0) is 25.1 Å². The average molecular weight is 261 g/mol. The average Bonchev–Trinajstić information content (AvgIpc) is 2.57. The van der Waals surface area contributed by atoms with Crippen molar-refractivity contribution in [3.8, 4) is 0 Å². The van der Waals surface area contributed by atoms with Crippen LogP contribution in [0, 0.1) is 5.82 Å². The normalized spacial score (nSPS) is 14.1. The zero-order chi connectivity index (χ0) is 13.5. The lowest BCUT2D eigenvalue weighted by Gasteiger charge is -2.11. The summed E-state index contributed by atoms with van der Waals surface area (Å²) in [5.74, 6) is -1.29. The zero-order valence-corrected chi connectivity index (χ0v) is 9.50. The van der Waals surface area contributed by atoms with Crippen LogP contribution < -0.4 is 0 Å². The highest BCUT2D eigenvalue weighted by atomic mass is 19.4. The van der Waals surface area contributed by atoms with Crippen molar-refractivity contribution in [3.05, 3.63) is 35.8 Å². The van der Waals surface area contributed by atoms with Gasteiger partial charge in [0.1, 0.15) is 5.82 Å². The third-order valence-corrected chi connectivity index (χ3v) is 2.63. The molecule has 2 rings (SSSR count). The van der Waals surface area contributed by atoms with E-state index < -0.39 is 23.7 Å². The number of fused-ring (bicyclic) bond motifs is 1. The number of aromatic nitrogens is 1. The Morgan fingerprint density at radius 3 is 2.56 bits per heavy atom. The second kappa shape index (κ2) is 4.28. The topological polar surface area (TPSA) is 25.2 Å². The zero-order valence-electron chi connectivity index (χ0n) is 9.50. The molecule has 1 heterocycles. The van der Waals surface area contributed by atoms with Gasteiger partial charge < -0.3 is 9.67 Å². The predicted octanol–water partition coefficient (Wildman–Crippen LogP) is 3.18. The molecule has 0 saturated heterocycles. The first-order chi connectivity index (χ1) is 8.29. The predicted molar refractivity (Wildman–Crippen MR) is 58.6 cm³/mol. The molecule has 0 spiro atoms. The van der Waals surface area contributed by atoms with E-state index in [1.807, 2.05) is 0 Å². The molecule has 6 heteroatoms. The summed E-state index contributed by atoms with van der Waals surface area (Å²) < 4.78 is 52.5. The molecular weight excluding hydrogens is 250 g/mol. The van der Waals surface area contributed by atoms with Crippen molar-refractivity contribution in [1.82, 2.24) is 4.57 Å². The Bertz CT molecular complexity index is 571. The standard InChI is InChI=1S/C12H11F4NO/c1-7(18)6-17-3-2-8-4-10(13)9(5-11(8)17)12(14,15)16/h2-5,7,18H,6H2,1H3. The van der Waals surface area contributed by atoms with Crippen LogP contribution in [-0.2, 0) is 12.7 Å². The van der Waals surface area contributed by atoms with E-state index in [0.29, 0.717) is 5.39 Å². The fourth-order valence-electron chi connectivity index (χ4n) is 1.87. The Labute approximate surface area is 100 Å². The third kappa shape index (κ3) is 2.33. The maximum absolute atomic E-state index is 13.3. The van der Waals surface area contributed by atoms with Crippen LogP contribution in [0.25, 0.3) is 10.9 Å². The molecule has 18 heavy (non-hydrogen) atoms. The summed E-state index contributed by atoms with van der Waals surface area (Å²) in [6.07, 6.45) is -3.89. The number of aliphatic hydroxyl groups excluding tert-OH is 1. The Morgan fingerprint density at radius 1 is 1.33 bits per heavy atom. The highest BCUT2D eigenvalue weighted by molar-refractivity contribution is 5.81. The molecule has 1 aromatic heterocycles. The number of halogens is 4. The van der Waals surface area contributed by atoms with E-state index in [4.69, 9.17) is 0 Å². The first-order valence-electron chi connectivity index (χ1n) is 5.32. The van der Waals surface area contributed by atoms with Crippen LogP contribution in [-0.4, -0.2) is 15.8 Å². The van der Waals surface area contributed by atoms with Gasteiger partial charge >= 0.3 is 6.18 Å². The summed E-state index contributed by atoms with van der Waals surface area (Å²) in [5, 5.41) is 9.63. The van der Waals surface area contributed by atoms with E-state index >= 15 is 0 Å². The van der Waals surface area contributed by atoms with E-state index in [1.54, 1.807) is 0 Å². The summed E-state index contributed by atoms with van der Waals surface area (Å²) in [4.78, 5) is 0. The van der Waals surface area contributed by atoms with Gasteiger partial charge in [-0.3, -0.25) is 0 Å². The quantitative estimate of drug-likeness (QED) is 0.825. The Morgan fingerprint density at radius 2 is 2.00 bits per heavy atom. The van der Waals surface area contributed by atoms with Gasteiger partial charge in [0.2, 0.25) is 0 Å². The molecule has 1 aromatic carbocycles. The minimum atomic E-state index is -4.72. The van der Waals surface area contributed by atoms with Gasteiger partial charge in [0, 0.05) is 23.6 Å². The molecule has 0 aliphatic heterocycles. The molecule has 0 bridgehead atoms. The Hall–Kier alpha value is -1.56. The molecule has 0 saturated carbocycles. The number of nitrogens with zero attached hydrogens (tertiary/aromatic N) is 1. The summed E-state index contributed by atoms with van der Waals surface area (Å²) in [6.45, 7) is 1.69. The molecular formula is C12H11F4NO. The van der Waals surface area contributed by atoms with Gasteiger partial charge in [-0.1, -0.05) is 0 Å². The van der Waals surface area contributed by atoms with E-state index in [9.17, 15) is 22.7 Å². The lowest BCUT2D eigenvalue weighted by Crippen LogP contribution is -2.12. The Kier molecular flexibility index (Phi) is 3.06. The van der Waals surface area contributed by atoms with Crippen molar-refractivity contribution in [3.63, 3.8) is 0 Å². The van der Waals surface area contributed by atoms with E-state index in [-0.39, 0.29) is 12.1 Å². The fourth-order valence-corrected chi connectivity index (χ4v) is 1.87. The fraction of sp³-hybridized carbons (Fsp3) is 0.333. The number of hydrogen-bond acceptors (Lipinski definition) is 1. The molecule has 0 fully saturated rings. The maximum atomic E-state index is 13.3. The Balaban J connectivity index is 2.59. The lowest BCUT2D eigenvalue weighted by molar-refractivity contribution is -0.139. The number of benzene rings is 1. The van der Waals surface area contributed by atoms with Crippen LogP contribution in [0.5, 0.6) is 0 Å². The van der Waals surface area contributed by atoms with Crippen molar-refractivity contribution in [2.45, 2.75) is 25.7 Å². The van der Waals surface area contributed by atoms with Crippen molar-refractivity contribution in [2.24, 2.45) is 0 Å². The van der Waals surface area contributed by atoms with Crippen molar-refractivity contribution < 1.29 is 22.7 Å². The van der Waals surface area contributed by atoms with Gasteiger partial charge in [0.15, 0.2) is 0 Å². The molecule has 0 amide bonds. The maximum Gasteiger partial charge on any atom is 0.419 e. The first-order valence-corrected chi connectivity index (χ1v) is 5.32. The molecule has 0 aliphatic rings. The van der Waals surface area contributed by atoms with Crippen molar-refractivity contribution in [2.75, 3.05) is 0 Å². The molecule has 1 atom stereocenters.